The smallest absolute Gasteiger partial charge is 0.317 e. The van der Waals surface area contributed by atoms with Crippen LogP contribution in [-0.2, 0) is 6.05 Å². The van der Waals surface area contributed by atoms with E-state index in [2.05, 4.69) is 10.4 Å². The molecule has 1 aromatic rings. The molecule has 4 nitrogen and oxygen atoms in total. The molecule has 0 saturated carbocycles. The van der Waals surface area contributed by atoms with Gasteiger partial charge in [0.2, 0.25) is 0 Å². The second-order valence-electron chi connectivity index (χ2n) is 4.21. The fraction of sp³-hybridized carbons (Fsp3) is 0.700. The summed E-state index contributed by atoms with van der Waals surface area (Å²) in [6.07, 6.45) is 1.56. The number of piperidine rings is 1. The fourth-order valence-corrected chi connectivity index (χ4v) is 2.06. The number of nitrogens with one attached hydrogen (secondary N) is 2. The first-order valence-electron chi connectivity index (χ1n) is 5.51. The maximum atomic E-state index is 13.1. The number of hydrogen-bond acceptors (Lipinski definition) is 2. The Morgan fingerprint density at radius 3 is 2.65 bits per heavy atom. The summed E-state index contributed by atoms with van der Waals surface area (Å²) in [7, 11) is 0. The lowest BCUT2D eigenvalue weighted by molar-refractivity contribution is -0.112. The van der Waals surface area contributed by atoms with Crippen LogP contribution in [0.25, 0.3) is 0 Å². The molecule has 1 aliphatic rings. The van der Waals surface area contributed by atoms with Crippen molar-refractivity contribution in [3.63, 3.8) is 0 Å². The van der Waals surface area contributed by atoms with Crippen molar-refractivity contribution >= 4 is 0 Å². The Bertz CT molecular complexity index is 434. The first-order chi connectivity index (χ1) is 8.04. The van der Waals surface area contributed by atoms with Crippen molar-refractivity contribution in [2.75, 3.05) is 19.8 Å². The lowest BCUT2D eigenvalue weighted by Gasteiger charge is -2.21. The van der Waals surface area contributed by atoms with Crippen molar-refractivity contribution in [3.05, 3.63) is 22.1 Å². The summed E-state index contributed by atoms with van der Waals surface area (Å²) in [5.41, 5.74) is -0.425. The van der Waals surface area contributed by atoms with E-state index >= 15 is 0 Å². The van der Waals surface area contributed by atoms with Crippen molar-refractivity contribution in [2.24, 2.45) is 0 Å². The number of rotatable bonds is 3. The zero-order valence-electron chi connectivity index (χ0n) is 9.18. The van der Waals surface area contributed by atoms with Crippen molar-refractivity contribution in [3.8, 4) is 0 Å². The number of halogens is 3. The van der Waals surface area contributed by atoms with E-state index in [0.29, 0.717) is 5.69 Å². The standard InChI is InChI=1S/C10H14F3N3O/c11-6-10(12,13)16-9(17)5-8(15-16)7-1-3-14-4-2-7/h5,7,14-15H,1-4,6H2. The molecule has 17 heavy (non-hydrogen) atoms. The van der Waals surface area contributed by atoms with Crippen molar-refractivity contribution < 1.29 is 13.2 Å². The van der Waals surface area contributed by atoms with Crippen molar-refractivity contribution in [2.45, 2.75) is 24.8 Å². The van der Waals surface area contributed by atoms with Crippen LogP contribution in [0.4, 0.5) is 13.2 Å². The zero-order chi connectivity index (χ0) is 12.5. The topological polar surface area (TPSA) is 49.8 Å². The third-order valence-corrected chi connectivity index (χ3v) is 3.01. The number of hydrogen-bond donors (Lipinski definition) is 2. The van der Waals surface area contributed by atoms with Gasteiger partial charge in [0, 0.05) is 17.7 Å². The van der Waals surface area contributed by atoms with Crippen LogP contribution in [-0.4, -0.2) is 29.5 Å². The first-order valence-corrected chi connectivity index (χ1v) is 5.51. The van der Waals surface area contributed by atoms with Gasteiger partial charge in [-0.05, 0) is 25.9 Å². The minimum Gasteiger partial charge on any atom is -0.317 e. The van der Waals surface area contributed by atoms with Crippen LogP contribution in [0.1, 0.15) is 24.5 Å². The molecule has 2 rings (SSSR count). The molecule has 0 spiro atoms. The quantitative estimate of drug-likeness (QED) is 0.844. The van der Waals surface area contributed by atoms with E-state index in [9.17, 15) is 18.0 Å². The summed E-state index contributed by atoms with van der Waals surface area (Å²) in [6.45, 7) is -0.312. The highest BCUT2D eigenvalue weighted by molar-refractivity contribution is 5.08. The largest absolute Gasteiger partial charge is 0.373 e. The van der Waals surface area contributed by atoms with Gasteiger partial charge >= 0.3 is 6.05 Å². The summed E-state index contributed by atoms with van der Waals surface area (Å²) >= 11 is 0. The van der Waals surface area contributed by atoms with Gasteiger partial charge in [0.1, 0.15) is 0 Å². The molecule has 0 atom stereocenters. The van der Waals surface area contributed by atoms with E-state index in [1.807, 2.05) is 0 Å². The highest BCUT2D eigenvalue weighted by atomic mass is 19.3. The predicted molar refractivity (Wildman–Crippen MR) is 56.1 cm³/mol. The molecular weight excluding hydrogens is 235 g/mol. The van der Waals surface area contributed by atoms with Crippen LogP contribution >= 0.6 is 0 Å². The average molecular weight is 249 g/mol. The van der Waals surface area contributed by atoms with Crippen LogP contribution in [0, 0.1) is 0 Å². The van der Waals surface area contributed by atoms with Crippen molar-refractivity contribution in [1.82, 2.24) is 15.1 Å². The third kappa shape index (κ3) is 2.38. The van der Waals surface area contributed by atoms with Gasteiger partial charge in [0.15, 0.2) is 6.67 Å². The summed E-state index contributed by atoms with van der Waals surface area (Å²) in [5.74, 6) is 0.0561. The Hall–Kier alpha value is -1.24. The summed E-state index contributed by atoms with van der Waals surface area (Å²) < 4.78 is 38.4. The second kappa shape index (κ2) is 4.56. The van der Waals surface area contributed by atoms with Crippen LogP contribution in [0.15, 0.2) is 10.9 Å². The molecule has 0 aromatic carbocycles. The normalized spacial score (nSPS) is 18.5. The van der Waals surface area contributed by atoms with E-state index in [0.717, 1.165) is 32.0 Å². The lowest BCUT2D eigenvalue weighted by atomic mass is 9.95. The highest BCUT2D eigenvalue weighted by Gasteiger charge is 2.34. The first kappa shape index (κ1) is 12.2. The third-order valence-electron chi connectivity index (χ3n) is 3.01. The van der Waals surface area contributed by atoms with E-state index in [-0.39, 0.29) is 10.6 Å². The van der Waals surface area contributed by atoms with E-state index in [4.69, 9.17) is 0 Å². The molecule has 1 aromatic heterocycles. The molecule has 1 aliphatic heterocycles. The number of nitrogens with zero attached hydrogens (tertiary/aromatic N) is 1. The van der Waals surface area contributed by atoms with Gasteiger partial charge in [-0.15, -0.1) is 0 Å². The Morgan fingerprint density at radius 2 is 2.06 bits per heavy atom. The van der Waals surface area contributed by atoms with Gasteiger partial charge in [0.25, 0.3) is 5.56 Å². The van der Waals surface area contributed by atoms with E-state index in [1.54, 1.807) is 0 Å². The van der Waals surface area contributed by atoms with Gasteiger partial charge < -0.3 is 5.32 Å². The van der Waals surface area contributed by atoms with Gasteiger partial charge in [-0.3, -0.25) is 9.89 Å². The SMILES string of the molecule is O=c1cc(C2CCNCC2)[nH]n1C(F)(F)CF. The monoisotopic (exact) mass is 249 g/mol. The second-order valence-corrected chi connectivity index (χ2v) is 4.21. The lowest BCUT2D eigenvalue weighted by Crippen LogP contribution is -2.34. The molecule has 96 valence electrons. The maximum absolute atomic E-state index is 13.1. The zero-order valence-corrected chi connectivity index (χ0v) is 9.18. The number of aromatic nitrogens is 2. The number of aromatic amines is 1. The summed E-state index contributed by atoms with van der Waals surface area (Å²) in [4.78, 5) is 11.4. The molecule has 0 bridgehead atoms. The average Bonchev–Trinajstić information content (AvgIpc) is 2.73. The molecule has 0 unspecified atom stereocenters. The fourth-order valence-electron chi connectivity index (χ4n) is 2.06. The molecular formula is C10H14F3N3O. The minimum atomic E-state index is -3.79. The molecule has 1 fully saturated rings. The van der Waals surface area contributed by atoms with Gasteiger partial charge in [-0.1, -0.05) is 0 Å². The predicted octanol–water partition coefficient (Wildman–Crippen LogP) is 1.16. The molecule has 2 N–H and O–H groups in total. The van der Waals surface area contributed by atoms with Crippen LogP contribution in [0.5, 0.6) is 0 Å². The molecule has 0 radical (unpaired) electrons. The van der Waals surface area contributed by atoms with Gasteiger partial charge in [-0.2, -0.15) is 13.5 Å². The minimum absolute atomic E-state index is 0.0561. The molecule has 0 aliphatic carbocycles. The van der Waals surface area contributed by atoms with E-state index in [1.165, 1.54) is 0 Å². The molecule has 2 heterocycles. The van der Waals surface area contributed by atoms with Crippen LogP contribution in [0.2, 0.25) is 0 Å². The number of alkyl halides is 3. The Labute approximate surface area is 95.8 Å². The highest BCUT2D eigenvalue weighted by Crippen LogP contribution is 2.24. The Kier molecular flexibility index (Phi) is 3.28. The Balaban J connectivity index is 2.27. The number of H-pyrrole nitrogens is 1. The maximum Gasteiger partial charge on any atom is 0.373 e. The molecule has 0 amide bonds. The Morgan fingerprint density at radius 1 is 1.41 bits per heavy atom. The van der Waals surface area contributed by atoms with Crippen LogP contribution in [0.3, 0.4) is 0 Å². The van der Waals surface area contributed by atoms with Gasteiger partial charge in [0.05, 0.1) is 0 Å². The summed E-state index contributed by atoms with van der Waals surface area (Å²) in [6, 6.07) is -2.65. The van der Waals surface area contributed by atoms with Crippen LogP contribution < -0.4 is 10.9 Å². The molecule has 7 heteroatoms. The van der Waals surface area contributed by atoms with Crippen molar-refractivity contribution in [1.29, 1.82) is 0 Å². The van der Waals surface area contributed by atoms with E-state index < -0.39 is 18.3 Å². The molecule has 1 saturated heterocycles. The summed E-state index contributed by atoms with van der Waals surface area (Å²) in [5, 5.41) is 5.47. The van der Waals surface area contributed by atoms with Gasteiger partial charge in [-0.25, -0.2) is 4.39 Å².